The molecule has 4 rings (SSSR count). The molecule has 32 heavy (non-hydrogen) atoms. The van der Waals surface area contributed by atoms with Crippen molar-refractivity contribution >= 4 is 27.5 Å². The van der Waals surface area contributed by atoms with Crippen molar-refractivity contribution in [3.8, 4) is 11.5 Å². The maximum Gasteiger partial charge on any atom is 0.265 e. The average Bonchev–Trinajstić information content (AvgIpc) is 2.79. The third-order valence-corrected chi connectivity index (χ3v) is 7.18. The molecule has 2 aliphatic heterocycles. The highest BCUT2D eigenvalue weighted by molar-refractivity contribution is 7.89. The fourth-order valence-corrected chi connectivity index (χ4v) is 4.89. The predicted molar refractivity (Wildman–Crippen MR) is 112 cm³/mol. The number of fused-ring (bicyclic) bond motifs is 1. The van der Waals surface area contributed by atoms with Gasteiger partial charge in [-0.1, -0.05) is 0 Å². The summed E-state index contributed by atoms with van der Waals surface area (Å²) >= 11 is 0. The summed E-state index contributed by atoms with van der Waals surface area (Å²) in [5, 5.41) is 2.64. The van der Waals surface area contributed by atoms with Crippen LogP contribution in [-0.2, 0) is 19.6 Å². The Morgan fingerprint density at radius 2 is 1.84 bits per heavy atom. The summed E-state index contributed by atoms with van der Waals surface area (Å²) in [5.74, 6) is -0.243. The van der Waals surface area contributed by atoms with Crippen LogP contribution in [0.25, 0.3) is 0 Å². The zero-order valence-electron chi connectivity index (χ0n) is 17.3. The molecule has 0 unspecified atom stereocenters. The van der Waals surface area contributed by atoms with Crippen molar-refractivity contribution in [1.82, 2.24) is 9.21 Å². The Morgan fingerprint density at radius 1 is 1.16 bits per heavy atom. The number of nitrogens with zero attached hydrogens (tertiary/aromatic N) is 2. The normalized spacial score (nSPS) is 19.0. The SMILES string of the molecule is C[C@@H]1Oc2ccc(S(=O)(=O)N3CCN(C(=O)COc4ccc(F)cc4)CC3)cc2NC1=O. The molecule has 9 nitrogen and oxygen atoms in total. The zero-order valence-corrected chi connectivity index (χ0v) is 18.1. The van der Waals surface area contributed by atoms with Crippen molar-refractivity contribution in [3.63, 3.8) is 0 Å². The van der Waals surface area contributed by atoms with Crippen molar-refractivity contribution in [1.29, 1.82) is 0 Å². The lowest BCUT2D eigenvalue weighted by Gasteiger charge is -2.34. The second-order valence-electron chi connectivity index (χ2n) is 7.43. The van der Waals surface area contributed by atoms with Gasteiger partial charge >= 0.3 is 0 Å². The van der Waals surface area contributed by atoms with Gasteiger partial charge in [-0.25, -0.2) is 12.8 Å². The molecule has 170 valence electrons. The minimum atomic E-state index is -3.81. The van der Waals surface area contributed by atoms with Gasteiger partial charge in [-0.3, -0.25) is 9.59 Å². The first-order valence-electron chi connectivity index (χ1n) is 10.0. The Kier molecular flexibility index (Phi) is 6.02. The fraction of sp³-hybridized carbons (Fsp3) is 0.333. The zero-order chi connectivity index (χ0) is 22.9. The summed E-state index contributed by atoms with van der Waals surface area (Å²) in [4.78, 5) is 25.8. The van der Waals surface area contributed by atoms with Crippen molar-refractivity contribution < 1.29 is 31.9 Å². The van der Waals surface area contributed by atoms with Crippen LogP contribution in [0.15, 0.2) is 47.4 Å². The molecule has 0 radical (unpaired) electrons. The topological polar surface area (TPSA) is 105 Å². The van der Waals surface area contributed by atoms with Gasteiger partial charge in [-0.2, -0.15) is 4.31 Å². The van der Waals surface area contributed by atoms with E-state index in [0.29, 0.717) is 17.2 Å². The Balaban J connectivity index is 1.36. The van der Waals surface area contributed by atoms with Gasteiger partial charge in [0.1, 0.15) is 17.3 Å². The van der Waals surface area contributed by atoms with Crippen LogP contribution in [-0.4, -0.2) is 68.3 Å². The lowest BCUT2D eigenvalue weighted by atomic mass is 10.2. The standard InChI is InChI=1S/C21H22FN3O6S/c1-14-21(27)23-18-12-17(6-7-19(18)31-14)32(28,29)25-10-8-24(9-11-25)20(26)13-30-16-4-2-15(22)3-5-16/h2-7,12,14H,8-11,13H2,1H3,(H,23,27)/t14-/m0/s1. The maximum absolute atomic E-state index is 13.0. The van der Waals surface area contributed by atoms with E-state index in [9.17, 15) is 22.4 Å². The van der Waals surface area contributed by atoms with Crippen LogP contribution in [0.2, 0.25) is 0 Å². The second kappa shape index (κ2) is 8.75. The molecule has 1 fully saturated rings. The van der Waals surface area contributed by atoms with Gasteiger partial charge in [-0.05, 0) is 49.4 Å². The van der Waals surface area contributed by atoms with E-state index in [2.05, 4.69) is 5.32 Å². The highest BCUT2D eigenvalue weighted by Crippen LogP contribution is 2.33. The Labute approximate surface area is 184 Å². The number of carbonyl (C=O) groups excluding carboxylic acids is 2. The minimum absolute atomic E-state index is 0.0362. The number of amides is 2. The van der Waals surface area contributed by atoms with Crippen molar-refractivity contribution in [2.24, 2.45) is 0 Å². The molecule has 1 saturated heterocycles. The summed E-state index contributed by atoms with van der Waals surface area (Å²) in [7, 11) is -3.81. The molecule has 11 heteroatoms. The molecule has 1 atom stereocenters. The molecular formula is C21H22FN3O6S. The molecule has 0 spiro atoms. The smallest absolute Gasteiger partial charge is 0.265 e. The summed E-state index contributed by atoms with van der Waals surface area (Å²) in [6.45, 7) is 2.07. The monoisotopic (exact) mass is 463 g/mol. The number of hydrogen-bond donors (Lipinski definition) is 1. The largest absolute Gasteiger partial charge is 0.484 e. The van der Waals surface area contributed by atoms with E-state index in [0.717, 1.165) is 0 Å². The Hall–Kier alpha value is -3.18. The number of rotatable bonds is 5. The summed E-state index contributed by atoms with van der Waals surface area (Å²) in [5.41, 5.74) is 0.306. The van der Waals surface area contributed by atoms with E-state index < -0.39 is 21.9 Å². The number of piperazine rings is 1. The summed E-state index contributed by atoms with van der Waals surface area (Å²) < 4.78 is 51.2. The second-order valence-corrected chi connectivity index (χ2v) is 9.37. The molecule has 0 aromatic heterocycles. The van der Waals surface area contributed by atoms with Crippen LogP contribution in [0.5, 0.6) is 11.5 Å². The van der Waals surface area contributed by atoms with Crippen molar-refractivity contribution in [3.05, 3.63) is 48.3 Å². The van der Waals surface area contributed by atoms with Crippen LogP contribution in [0, 0.1) is 5.82 Å². The lowest BCUT2D eigenvalue weighted by molar-refractivity contribution is -0.134. The van der Waals surface area contributed by atoms with E-state index in [1.807, 2.05) is 0 Å². The molecule has 2 aromatic carbocycles. The number of ether oxygens (including phenoxy) is 2. The first-order chi connectivity index (χ1) is 15.2. The van der Waals surface area contributed by atoms with Gasteiger partial charge < -0.3 is 19.7 Å². The van der Waals surface area contributed by atoms with Gasteiger partial charge in [-0.15, -0.1) is 0 Å². The van der Waals surface area contributed by atoms with Gasteiger partial charge in [0.15, 0.2) is 12.7 Å². The number of anilines is 1. The number of halogens is 1. The number of carbonyl (C=O) groups is 2. The molecule has 2 amide bonds. The molecular weight excluding hydrogens is 441 g/mol. The molecule has 0 aliphatic carbocycles. The van der Waals surface area contributed by atoms with E-state index in [4.69, 9.17) is 9.47 Å². The van der Waals surface area contributed by atoms with E-state index in [1.54, 1.807) is 6.92 Å². The van der Waals surface area contributed by atoms with Gasteiger partial charge in [0.2, 0.25) is 10.0 Å². The third kappa shape index (κ3) is 4.53. The van der Waals surface area contributed by atoms with Gasteiger partial charge in [0.25, 0.3) is 11.8 Å². The average molecular weight is 463 g/mol. The molecule has 0 bridgehead atoms. The first-order valence-corrected chi connectivity index (χ1v) is 11.5. The van der Waals surface area contributed by atoms with Crippen LogP contribution >= 0.6 is 0 Å². The van der Waals surface area contributed by atoms with Crippen LogP contribution in [0.4, 0.5) is 10.1 Å². The number of nitrogens with one attached hydrogen (secondary N) is 1. The maximum atomic E-state index is 13.0. The van der Waals surface area contributed by atoms with E-state index in [1.165, 1.54) is 51.7 Å². The number of hydrogen-bond acceptors (Lipinski definition) is 6. The predicted octanol–water partition coefficient (Wildman–Crippen LogP) is 1.46. The first kappa shape index (κ1) is 22.0. The van der Waals surface area contributed by atoms with Crippen molar-refractivity contribution in [2.45, 2.75) is 17.9 Å². The fourth-order valence-electron chi connectivity index (χ4n) is 3.44. The van der Waals surface area contributed by atoms with Crippen LogP contribution in [0.3, 0.4) is 0 Å². The number of benzene rings is 2. The summed E-state index contributed by atoms with van der Waals surface area (Å²) in [6.07, 6.45) is -0.650. The molecule has 2 heterocycles. The Bertz CT molecular complexity index is 1130. The van der Waals surface area contributed by atoms with Crippen LogP contribution < -0.4 is 14.8 Å². The van der Waals surface area contributed by atoms with Gasteiger partial charge in [0, 0.05) is 26.2 Å². The number of sulfonamides is 1. The molecule has 0 saturated carbocycles. The van der Waals surface area contributed by atoms with E-state index >= 15 is 0 Å². The molecule has 2 aromatic rings. The Morgan fingerprint density at radius 3 is 2.53 bits per heavy atom. The highest BCUT2D eigenvalue weighted by Gasteiger charge is 2.32. The summed E-state index contributed by atoms with van der Waals surface area (Å²) in [6, 6.07) is 9.67. The third-order valence-electron chi connectivity index (χ3n) is 5.29. The lowest BCUT2D eigenvalue weighted by Crippen LogP contribution is -2.51. The van der Waals surface area contributed by atoms with E-state index in [-0.39, 0.29) is 49.5 Å². The highest BCUT2D eigenvalue weighted by atomic mass is 32.2. The van der Waals surface area contributed by atoms with Crippen molar-refractivity contribution in [2.75, 3.05) is 38.1 Å². The van der Waals surface area contributed by atoms with Gasteiger partial charge in [0.05, 0.1) is 10.6 Å². The van der Waals surface area contributed by atoms with Crippen LogP contribution in [0.1, 0.15) is 6.92 Å². The minimum Gasteiger partial charge on any atom is -0.484 e. The molecule has 1 N–H and O–H groups in total. The molecule has 2 aliphatic rings. The quantitative estimate of drug-likeness (QED) is 0.720.